The maximum Gasteiger partial charge on any atom is 0.251 e. The van der Waals surface area contributed by atoms with Crippen LogP contribution in [-0.4, -0.2) is 36.5 Å². The van der Waals surface area contributed by atoms with E-state index < -0.39 is 0 Å². The Hall–Kier alpha value is -2.33. The molecule has 3 rings (SSSR count). The van der Waals surface area contributed by atoms with E-state index >= 15 is 0 Å². The smallest absolute Gasteiger partial charge is 0.251 e. The second kappa shape index (κ2) is 9.74. The van der Waals surface area contributed by atoms with Gasteiger partial charge in [-0.1, -0.05) is 36.2 Å². The number of benzene rings is 2. The van der Waals surface area contributed by atoms with Crippen molar-refractivity contribution in [3.05, 3.63) is 65.2 Å². The molecule has 1 fully saturated rings. The van der Waals surface area contributed by atoms with Crippen molar-refractivity contribution in [2.45, 2.75) is 52.2 Å². The summed E-state index contributed by atoms with van der Waals surface area (Å²) in [6.07, 6.45) is 3.88. The van der Waals surface area contributed by atoms with Crippen LogP contribution in [0.5, 0.6) is 5.75 Å². The average molecular weight is 381 g/mol. The standard InChI is InChI=1S/C24H32N2O2/c1-18(2)28-22-13-11-21(12-14-22)24(27)25-17-23(26-15-5-4-6-16-26)20-9-7-19(3)8-10-20/h7-14,18,23H,4-6,15-17H2,1-3H3,(H,25,27)/t23-/m0/s1. The molecule has 0 radical (unpaired) electrons. The number of hydrogen-bond acceptors (Lipinski definition) is 3. The maximum atomic E-state index is 12.7. The highest BCUT2D eigenvalue weighted by Crippen LogP contribution is 2.24. The van der Waals surface area contributed by atoms with Crippen molar-refractivity contribution < 1.29 is 9.53 Å². The molecule has 150 valence electrons. The van der Waals surface area contributed by atoms with Gasteiger partial charge in [-0.3, -0.25) is 9.69 Å². The minimum absolute atomic E-state index is 0.0368. The van der Waals surface area contributed by atoms with Crippen LogP contribution in [0.2, 0.25) is 0 Å². The SMILES string of the molecule is Cc1ccc([C@H](CNC(=O)c2ccc(OC(C)C)cc2)N2CCCCC2)cc1. The van der Waals surface area contributed by atoms with E-state index in [2.05, 4.69) is 41.4 Å². The Balaban J connectivity index is 1.66. The Bertz CT molecular complexity index is 747. The molecule has 0 aliphatic carbocycles. The molecule has 0 bridgehead atoms. The van der Waals surface area contributed by atoms with Crippen molar-refractivity contribution in [1.29, 1.82) is 0 Å². The molecule has 1 heterocycles. The molecule has 0 saturated carbocycles. The summed E-state index contributed by atoms with van der Waals surface area (Å²) in [7, 11) is 0. The number of ether oxygens (including phenoxy) is 1. The van der Waals surface area contributed by atoms with Gasteiger partial charge in [-0.25, -0.2) is 0 Å². The van der Waals surface area contributed by atoms with Crippen LogP contribution in [0.1, 0.15) is 60.6 Å². The number of amides is 1. The van der Waals surface area contributed by atoms with Crippen LogP contribution < -0.4 is 10.1 Å². The van der Waals surface area contributed by atoms with Crippen LogP contribution in [-0.2, 0) is 0 Å². The van der Waals surface area contributed by atoms with E-state index in [0.29, 0.717) is 12.1 Å². The lowest BCUT2D eigenvalue weighted by Crippen LogP contribution is -2.40. The van der Waals surface area contributed by atoms with Gasteiger partial charge in [0.1, 0.15) is 5.75 Å². The highest BCUT2D eigenvalue weighted by Gasteiger charge is 2.23. The van der Waals surface area contributed by atoms with Gasteiger partial charge in [-0.2, -0.15) is 0 Å². The van der Waals surface area contributed by atoms with Gasteiger partial charge in [-0.05, 0) is 76.5 Å². The summed E-state index contributed by atoms with van der Waals surface area (Å²) in [5.41, 5.74) is 3.19. The molecular formula is C24H32N2O2. The monoisotopic (exact) mass is 380 g/mol. The lowest BCUT2D eigenvalue weighted by atomic mass is 10.0. The number of likely N-dealkylation sites (tertiary alicyclic amines) is 1. The molecule has 4 heteroatoms. The highest BCUT2D eigenvalue weighted by molar-refractivity contribution is 5.94. The van der Waals surface area contributed by atoms with E-state index in [-0.39, 0.29) is 18.1 Å². The summed E-state index contributed by atoms with van der Waals surface area (Å²) in [5, 5.41) is 3.15. The van der Waals surface area contributed by atoms with Crippen molar-refractivity contribution in [1.82, 2.24) is 10.2 Å². The Kier molecular flexibility index (Phi) is 7.10. The molecular weight excluding hydrogens is 348 g/mol. The van der Waals surface area contributed by atoms with Crippen LogP contribution in [0.3, 0.4) is 0 Å². The molecule has 1 atom stereocenters. The Morgan fingerprint density at radius 2 is 1.64 bits per heavy atom. The Morgan fingerprint density at radius 1 is 1.00 bits per heavy atom. The van der Waals surface area contributed by atoms with Gasteiger partial charge >= 0.3 is 0 Å². The number of nitrogens with zero attached hydrogens (tertiary/aromatic N) is 1. The molecule has 0 unspecified atom stereocenters. The molecule has 0 aromatic heterocycles. The van der Waals surface area contributed by atoms with Gasteiger partial charge in [0.05, 0.1) is 12.1 Å². The third-order valence-electron chi connectivity index (χ3n) is 5.24. The van der Waals surface area contributed by atoms with Gasteiger partial charge in [0, 0.05) is 12.1 Å². The predicted octanol–water partition coefficient (Wildman–Crippen LogP) is 4.74. The molecule has 28 heavy (non-hydrogen) atoms. The Labute approximate surface area is 168 Å². The maximum absolute atomic E-state index is 12.7. The molecule has 2 aromatic rings. The van der Waals surface area contributed by atoms with E-state index in [0.717, 1.165) is 18.8 Å². The summed E-state index contributed by atoms with van der Waals surface area (Å²) >= 11 is 0. The van der Waals surface area contributed by atoms with Gasteiger partial charge < -0.3 is 10.1 Å². The van der Waals surface area contributed by atoms with E-state index in [9.17, 15) is 4.79 Å². The van der Waals surface area contributed by atoms with E-state index in [1.165, 1.54) is 30.4 Å². The zero-order chi connectivity index (χ0) is 19.9. The van der Waals surface area contributed by atoms with Crippen molar-refractivity contribution in [3.8, 4) is 5.75 Å². The predicted molar refractivity (Wildman–Crippen MR) is 114 cm³/mol. The molecule has 1 aliphatic heterocycles. The van der Waals surface area contributed by atoms with Crippen LogP contribution in [0.15, 0.2) is 48.5 Å². The zero-order valence-corrected chi connectivity index (χ0v) is 17.3. The number of nitrogens with one attached hydrogen (secondary N) is 1. The number of rotatable bonds is 7. The fraction of sp³-hybridized carbons (Fsp3) is 0.458. The topological polar surface area (TPSA) is 41.6 Å². The van der Waals surface area contributed by atoms with Crippen LogP contribution in [0, 0.1) is 6.92 Å². The van der Waals surface area contributed by atoms with Crippen molar-refractivity contribution in [2.75, 3.05) is 19.6 Å². The molecule has 0 spiro atoms. The summed E-state index contributed by atoms with van der Waals surface area (Å²) in [4.78, 5) is 15.2. The van der Waals surface area contributed by atoms with Crippen molar-refractivity contribution in [3.63, 3.8) is 0 Å². The first-order valence-corrected chi connectivity index (χ1v) is 10.4. The van der Waals surface area contributed by atoms with Gasteiger partial charge in [0.25, 0.3) is 5.91 Å². The summed E-state index contributed by atoms with van der Waals surface area (Å²) in [6.45, 7) is 8.89. The first kappa shape index (κ1) is 20.4. The lowest BCUT2D eigenvalue weighted by Gasteiger charge is -2.35. The van der Waals surface area contributed by atoms with Crippen molar-refractivity contribution >= 4 is 5.91 Å². The summed E-state index contributed by atoms with van der Waals surface area (Å²) in [5.74, 6) is 0.752. The lowest BCUT2D eigenvalue weighted by molar-refractivity contribution is 0.0924. The minimum atomic E-state index is -0.0368. The number of piperidine rings is 1. The van der Waals surface area contributed by atoms with Crippen LogP contribution >= 0.6 is 0 Å². The van der Waals surface area contributed by atoms with Gasteiger partial charge in [0.15, 0.2) is 0 Å². The Morgan fingerprint density at radius 3 is 2.25 bits per heavy atom. The van der Waals surface area contributed by atoms with Crippen LogP contribution in [0.25, 0.3) is 0 Å². The quantitative estimate of drug-likeness (QED) is 0.754. The molecule has 2 aromatic carbocycles. The highest BCUT2D eigenvalue weighted by atomic mass is 16.5. The van der Waals surface area contributed by atoms with Gasteiger partial charge in [-0.15, -0.1) is 0 Å². The number of carbonyl (C=O) groups is 1. The fourth-order valence-electron chi connectivity index (χ4n) is 3.72. The normalized spacial score (nSPS) is 16.0. The van der Waals surface area contributed by atoms with E-state index in [1.54, 1.807) is 0 Å². The molecule has 4 nitrogen and oxygen atoms in total. The largest absolute Gasteiger partial charge is 0.491 e. The van der Waals surface area contributed by atoms with E-state index in [1.807, 2.05) is 38.1 Å². The second-order valence-corrected chi connectivity index (χ2v) is 7.92. The molecule has 1 saturated heterocycles. The summed E-state index contributed by atoms with van der Waals surface area (Å²) in [6, 6.07) is 16.3. The third-order valence-corrected chi connectivity index (χ3v) is 5.24. The fourth-order valence-corrected chi connectivity index (χ4v) is 3.72. The first-order valence-electron chi connectivity index (χ1n) is 10.4. The van der Waals surface area contributed by atoms with Crippen molar-refractivity contribution in [2.24, 2.45) is 0 Å². The number of hydrogen-bond donors (Lipinski definition) is 1. The molecule has 1 aliphatic rings. The number of carbonyl (C=O) groups excluding carboxylic acids is 1. The minimum Gasteiger partial charge on any atom is -0.491 e. The molecule has 1 amide bonds. The van der Waals surface area contributed by atoms with Crippen LogP contribution in [0.4, 0.5) is 0 Å². The first-order chi connectivity index (χ1) is 13.5. The second-order valence-electron chi connectivity index (χ2n) is 7.92. The number of aryl methyl sites for hydroxylation is 1. The van der Waals surface area contributed by atoms with Gasteiger partial charge in [0.2, 0.25) is 0 Å². The molecule has 1 N–H and O–H groups in total. The van der Waals surface area contributed by atoms with E-state index in [4.69, 9.17) is 4.74 Å². The summed E-state index contributed by atoms with van der Waals surface area (Å²) < 4.78 is 5.66. The third kappa shape index (κ3) is 5.59. The average Bonchev–Trinajstić information content (AvgIpc) is 2.70. The zero-order valence-electron chi connectivity index (χ0n) is 17.3.